The third-order valence-electron chi connectivity index (χ3n) is 4.50. The van der Waals surface area contributed by atoms with Crippen LogP contribution in [0, 0.1) is 0 Å². The van der Waals surface area contributed by atoms with Gasteiger partial charge in [0.1, 0.15) is 0 Å². The van der Waals surface area contributed by atoms with E-state index < -0.39 is 16.0 Å². The van der Waals surface area contributed by atoms with E-state index in [0.717, 1.165) is 24.0 Å². The standard InChI is InChI=1S/C15H20N2O4S/c1-16-5-7-17(8-6-16)22(20,21)14-10-12(15(18)19)9-11-3-2-4-13(11)14/h9-10H,2-8H2,1H3,(H,18,19). The molecule has 3 rings (SSSR count). The van der Waals surface area contributed by atoms with Crippen molar-refractivity contribution in [2.75, 3.05) is 33.2 Å². The average Bonchev–Trinajstić information content (AvgIpc) is 2.94. The highest BCUT2D eigenvalue weighted by molar-refractivity contribution is 7.89. The predicted molar refractivity (Wildman–Crippen MR) is 81.7 cm³/mol. The van der Waals surface area contributed by atoms with Crippen LogP contribution < -0.4 is 0 Å². The SMILES string of the molecule is CN1CCN(S(=O)(=O)c2cc(C(=O)O)cc3c2CCC3)CC1. The molecule has 22 heavy (non-hydrogen) atoms. The molecule has 1 N–H and O–H groups in total. The maximum absolute atomic E-state index is 12.9. The van der Waals surface area contributed by atoms with Gasteiger partial charge in [-0.1, -0.05) is 0 Å². The van der Waals surface area contributed by atoms with Crippen molar-refractivity contribution in [3.63, 3.8) is 0 Å². The summed E-state index contributed by atoms with van der Waals surface area (Å²) in [6.45, 7) is 2.29. The van der Waals surface area contributed by atoms with Gasteiger partial charge >= 0.3 is 5.97 Å². The van der Waals surface area contributed by atoms with Gasteiger partial charge in [0, 0.05) is 26.2 Å². The Hall–Kier alpha value is -1.44. The highest BCUT2D eigenvalue weighted by Gasteiger charge is 2.32. The Morgan fingerprint density at radius 3 is 2.45 bits per heavy atom. The zero-order valence-corrected chi connectivity index (χ0v) is 13.4. The number of benzene rings is 1. The molecule has 0 radical (unpaired) electrons. The van der Waals surface area contributed by atoms with Gasteiger partial charge < -0.3 is 10.0 Å². The summed E-state index contributed by atoms with van der Waals surface area (Å²) in [5.41, 5.74) is 1.74. The number of carboxylic acids is 1. The Morgan fingerprint density at radius 1 is 1.14 bits per heavy atom. The third kappa shape index (κ3) is 2.64. The van der Waals surface area contributed by atoms with Crippen molar-refractivity contribution in [2.24, 2.45) is 0 Å². The molecule has 1 fully saturated rings. The molecule has 1 saturated heterocycles. The fourth-order valence-electron chi connectivity index (χ4n) is 3.19. The number of aromatic carboxylic acids is 1. The first kappa shape index (κ1) is 15.5. The molecule has 0 atom stereocenters. The Morgan fingerprint density at radius 2 is 1.82 bits per heavy atom. The first-order valence-corrected chi connectivity index (χ1v) is 8.91. The second kappa shape index (κ2) is 5.64. The zero-order valence-electron chi connectivity index (χ0n) is 12.6. The zero-order chi connectivity index (χ0) is 15.9. The van der Waals surface area contributed by atoms with Crippen molar-refractivity contribution in [1.82, 2.24) is 9.21 Å². The van der Waals surface area contributed by atoms with Crippen molar-refractivity contribution in [3.8, 4) is 0 Å². The van der Waals surface area contributed by atoms with E-state index in [1.165, 1.54) is 10.4 Å². The molecule has 0 bridgehead atoms. The van der Waals surface area contributed by atoms with Gasteiger partial charge in [0.2, 0.25) is 10.0 Å². The van der Waals surface area contributed by atoms with Gasteiger partial charge in [0.15, 0.2) is 0 Å². The predicted octanol–water partition coefficient (Wildman–Crippen LogP) is 0.810. The van der Waals surface area contributed by atoms with Crippen LogP contribution in [0.1, 0.15) is 27.9 Å². The first-order valence-electron chi connectivity index (χ1n) is 7.47. The number of piperazine rings is 1. The van der Waals surface area contributed by atoms with E-state index in [1.54, 1.807) is 6.07 Å². The van der Waals surface area contributed by atoms with Gasteiger partial charge in [0.25, 0.3) is 0 Å². The summed E-state index contributed by atoms with van der Waals surface area (Å²) in [5.74, 6) is -1.08. The molecule has 120 valence electrons. The Balaban J connectivity index is 2.05. The van der Waals surface area contributed by atoms with Gasteiger partial charge in [-0.15, -0.1) is 0 Å². The summed E-state index contributed by atoms with van der Waals surface area (Å²) < 4.78 is 27.4. The molecule has 0 aromatic heterocycles. The van der Waals surface area contributed by atoms with Crippen LogP contribution in [-0.2, 0) is 22.9 Å². The molecule has 1 aromatic carbocycles. The van der Waals surface area contributed by atoms with Gasteiger partial charge in [-0.3, -0.25) is 0 Å². The van der Waals surface area contributed by atoms with E-state index in [1.807, 2.05) is 7.05 Å². The van der Waals surface area contributed by atoms with Crippen LogP contribution in [0.3, 0.4) is 0 Å². The molecule has 7 heteroatoms. The molecule has 1 aliphatic carbocycles. The summed E-state index contributed by atoms with van der Waals surface area (Å²) in [4.78, 5) is 13.6. The largest absolute Gasteiger partial charge is 0.478 e. The van der Waals surface area contributed by atoms with Crippen molar-refractivity contribution >= 4 is 16.0 Å². The van der Waals surface area contributed by atoms with Gasteiger partial charge in [0.05, 0.1) is 10.5 Å². The highest BCUT2D eigenvalue weighted by Crippen LogP contribution is 2.32. The van der Waals surface area contributed by atoms with Crippen LogP contribution >= 0.6 is 0 Å². The lowest BCUT2D eigenvalue weighted by atomic mass is 10.1. The van der Waals surface area contributed by atoms with Crippen molar-refractivity contribution in [1.29, 1.82) is 0 Å². The minimum Gasteiger partial charge on any atom is -0.478 e. The van der Waals surface area contributed by atoms with Crippen LogP contribution in [0.4, 0.5) is 0 Å². The topological polar surface area (TPSA) is 77.9 Å². The average molecular weight is 324 g/mol. The molecule has 1 aromatic rings. The van der Waals surface area contributed by atoms with Crippen molar-refractivity contribution in [3.05, 3.63) is 28.8 Å². The highest BCUT2D eigenvalue weighted by atomic mass is 32.2. The number of fused-ring (bicyclic) bond motifs is 1. The minimum atomic E-state index is -3.62. The third-order valence-corrected chi connectivity index (χ3v) is 6.47. The molecule has 0 spiro atoms. The van der Waals surface area contributed by atoms with Crippen LogP contribution in [0.25, 0.3) is 0 Å². The van der Waals surface area contributed by atoms with Crippen LogP contribution in [-0.4, -0.2) is 61.9 Å². The number of rotatable bonds is 3. The number of likely N-dealkylation sites (N-methyl/N-ethyl adjacent to an activating group) is 1. The van der Waals surface area contributed by atoms with Crippen LogP contribution in [0.2, 0.25) is 0 Å². The number of nitrogens with zero attached hydrogens (tertiary/aromatic N) is 2. The summed E-state index contributed by atoms with van der Waals surface area (Å²) in [6.07, 6.45) is 2.34. The fourth-order valence-corrected chi connectivity index (χ4v) is 4.93. The number of sulfonamides is 1. The lowest BCUT2D eigenvalue weighted by molar-refractivity contribution is 0.0696. The first-order chi connectivity index (χ1) is 10.4. The lowest BCUT2D eigenvalue weighted by Crippen LogP contribution is -2.47. The Kier molecular flexibility index (Phi) is 3.96. The van der Waals surface area contributed by atoms with Gasteiger partial charge in [-0.05, 0) is 49.6 Å². The molecule has 6 nitrogen and oxygen atoms in total. The number of carboxylic acid groups (broad SMARTS) is 1. The normalized spacial score (nSPS) is 20.0. The molecule has 0 unspecified atom stereocenters. The van der Waals surface area contributed by atoms with E-state index in [0.29, 0.717) is 32.6 Å². The van der Waals surface area contributed by atoms with E-state index >= 15 is 0 Å². The van der Waals surface area contributed by atoms with E-state index in [9.17, 15) is 18.3 Å². The molecule has 2 aliphatic rings. The summed E-state index contributed by atoms with van der Waals surface area (Å²) in [5, 5.41) is 9.24. The Labute approximate surface area is 130 Å². The summed E-state index contributed by atoms with van der Waals surface area (Å²) in [7, 11) is -1.66. The smallest absolute Gasteiger partial charge is 0.335 e. The van der Waals surface area contributed by atoms with Gasteiger partial charge in [-0.25, -0.2) is 13.2 Å². The number of aryl methyl sites for hydroxylation is 1. The minimum absolute atomic E-state index is 0.0633. The molecule has 0 amide bonds. The number of carbonyl (C=O) groups is 1. The fraction of sp³-hybridized carbons (Fsp3) is 0.533. The number of hydrogen-bond acceptors (Lipinski definition) is 4. The second-order valence-corrected chi connectivity index (χ2v) is 7.88. The monoisotopic (exact) mass is 324 g/mol. The van der Waals surface area contributed by atoms with E-state index in [2.05, 4.69) is 4.90 Å². The number of hydrogen-bond donors (Lipinski definition) is 1. The van der Waals surface area contributed by atoms with Crippen LogP contribution in [0.5, 0.6) is 0 Å². The molecular weight excluding hydrogens is 304 g/mol. The molecular formula is C15H20N2O4S. The molecule has 1 aliphatic heterocycles. The second-order valence-electron chi connectivity index (χ2n) is 5.98. The van der Waals surface area contributed by atoms with Crippen molar-refractivity contribution in [2.45, 2.75) is 24.2 Å². The van der Waals surface area contributed by atoms with E-state index in [4.69, 9.17) is 0 Å². The lowest BCUT2D eigenvalue weighted by Gasteiger charge is -2.32. The Bertz CT molecular complexity index is 706. The van der Waals surface area contributed by atoms with Gasteiger partial charge in [-0.2, -0.15) is 4.31 Å². The summed E-state index contributed by atoms with van der Waals surface area (Å²) >= 11 is 0. The quantitative estimate of drug-likeness (QED) is 0.890. The van der Waals surface area contributed by atoms with E-state index in [-0.39, 0.29) is 10.5 Å². The molecule has 1 heterocycles. The maximum atomic E-state index is 12.9. The van der Waals surface area contributed by atoms with Crippen molar-refractivity contribution < 1.29 is 18.3 Å². The summed E-state index contributed by atoms with van der Waals surface area (Å²) in [6, 6.07) is 2.95. The maximum Gasteiger partial charge on any atom is 0.335 e. The van der Waals surface area contributed by atoms with Crippen LogP contribution in [0.15, 0.2) is 17.0 Å². The molecule has 0 saturated carbocycles.